The van der Waals surface area contributed by atoms with Crippen LogP contribution in [0.25, 0.3) is 11.7 Å². The molecule has 0 bridgehead atoms. The number of Topliss-reactive ketones (excluding diaryl/α,β-unsaturated/α-hetero) is 1. The SMILES string of the molecule is Cc1cc(C(=O)CN2CCN(c3oc(-c4ccco4)nc3C#N)CC2)c(C)n1CCc1ccccc1. The van der Waals surface area contributed by atoms with Crippen molar-refractivity contribution in [2.45, 2.75) is 26.8 Å². The molecule has 0 atom stereocenters. The Morgan fingerprint density at radius 1 is 1.08 bits per heavy atom. The summed E-state index contributed by atoms with van der Waals surface area (Å²) in [6.07, 6.45) is 2.47. The van der Waals surface area contributed by atoms with E-state index in [0.717, 1.165) is 29.9 Å². The number of aryl methyl sites for hydroxylation is 2. The maximum atomic E-state index is 13.2. The molecular formula is C28H29N5O3. The Labute approximate surface area is 210 Å². The second-order valence-corrected chi connectivity index (χ2v) is 9.12. The van der Waals surface area contributed by atoms with Crippen molar-refractivity contribution in [1.82, 2.24) is 14.5 Å². The second kappa shape index (κ2) is 10.3. The van der Waals surface area contributed by atoms with E-state index >= 15 is 0 Å². The van der Waals surface area contributed by atoms with Gasteiger partial charge in [-0.15, -0.1) is 0 Å². The first-order valence-corrected chi connectivity index (χ1v) is 12.2. The minimum atomic E-state index is 0.139. The predicted molar refractivity (Wildman–Crippen MR) is 136 cm³/mol. The molecule has 1 aliphatic rings. The van der Waals surface area contributed by atoms with Crippen LogP contribution < -0.4 is 4.90 Å². The molecule has 1 fully saturated rings. The quantitative estimate of drug-likeness (QED) is 0.341. The number of nitriles is 1. The Morgan fingerprint density at radius 2 is 1.86 bits per heavy atom. The van der Waals surface area contributed by atoms with Crippen LogP contribution in [0.1, 0.15) is 33.0 Å². The number of benzene rings is 1. The van der Waals surface area contributed by atoms with Gasteiger partial charge in [-0.3, -0.25) is 9.69 Å². The van der Waals surface area contributed by atoms with E-state index in [0.29, 0.717) is 50.3 Å². The zero-order valence-electron chi connectivity index (χ0n) is 20.6. The van der Waals surface area contributed by atoms with Crippen molar-refractivity contribution in [3.05, 3.63) is 83.0 Å². The summed E-state index contributed by atoms with van der Waals surface area (Å²) in [5.74, 6) is 1.38. The van der Waals surface area contributed by atoms with Crippen LogP contribution in [0.15, 0.2) is 63.6 Å². The molecule has 4 heterocycles. The summed E-state index contributed by atoms with van der Waals surface area (Å²) in [4.78, 5) is 21.7. The fraction of sp³-hybridized carbons (Fsp3) is 0.321. The molecule has 184 valence electrons. The highest BCUT2D eigenvalue weighted by atomic mass is 16.4. The lowest BCUT2D eigenvalue weighted by molar-refractivity contribution is 0.0925. The fourth-order valence-electron chi connectivity index (χ4n) is 4.82. The first-order chi connectivity index (χ1) is 17.5. The van der Waals surface area contributed by atoms with Crippen LogP contribution >= 0.6 is 0 Å². The molecule has 0 unspecified atom stereocenters. The molecule has 0 aliphatic carbocycles. The van der Waals surface area contributed by atoms with Gasteiger partial charge in [0.2, 0.25) is 11.6 Å². The Kier molecular flexibility index (Phi) is 6.74. The van der Waals surface area contributed by atoms with Crippen molar-refractivity contribution in [3.63, 3.8) is 0 Å². The molecule has 0 radical (unpaired) electrons. The largest absolute Gasteiger partial charge is 0.459 e. The molecule has 8 nitrogen and oxygen atoms in total. The molecular weight excluding hydrogens is 454 g/mol. The maximum Gasteiger partial charge on any atom is 0.266 e. The van der Waals surface area contributed by atoms with E-state index in [1.54, 1.807) is 18.4 Å². The van der Waals surface area contributed by atoms with E-state index < -0.39 is 0 Å². The van der Waals surface area contributed by atoms with Crippen LogP contribution in [0.3, 0.4) is 0 Å². The number of aromatic nitrogens is 2. The Morgan fingerprint density at radius 3 is 2.56 bits per heavy atom. The summed E-state index contributed by atoms with van der Waals surface area (Å²) in [6, 6.07) is 18.0. The molecule has 3 aromatic heterocycles. The van der Waals surface area contributed by atoms with Crippen LogP contribution in [-0.2, 0) is 13.0 Å². The van der Waals surface area contributed by atoms with E-state index in [4.69, 9.17) is 8.83 Å². The van der Waals surface area contributed by atoms with Crippen molar-refractivity contribution in [2.24, 2.45) is 0 Å². The molecule has 8 heteroatoms. The average Bonchev–Trinajstić information content (AvgIpc) is 3.63. The highest BCUT2D eigenvalue weighted by molar-refractivity contribution is 5.99. The van der Waals surface area contributed by atoms with Gasteiger partial charge in [-0.1, -0.05) is 30.3 Å². The lowest BCUT2D eigenvalue weighted by Crippen LogP contribution is -2.48. The number of carbonyl (C=O) groups excluding carboxylic acids is 1. The third kappa shape index (κ3) is 4.83. The third-order valence-electron chi connectivity index (χ3n) is 6.81. The number of rotatable bonds is 8. The van der Waals surface area contributed by atoms with Gasteiger partial charge >= 0.3 is 0 Å². The molecule has 1 aliphatic heterocycles. The molecule has 0 amide bonds. The van der Waals surface area contributed by atoms with Crippen molar-refractivity contribution in [3.8, 4) is 17.7 Å². The van der Waals surface area contributed by atoms with Crippen LogP contribution in [0.5, 0.6) is 0 Å². The van der Waals surface area contributed by atoms with E-state index in [9.17, 15) is 10.1 Å². The van der Waals surface area contributed by atoms with Gasteiger partial charge in [0, 0.05) is 49.7 Å². The van der Waals surface area contributed by atoms with E-state index in [1.807, 2.05) is 24.0 Å². The van der Waals surface area contributed by atoms with Crippen LogP contribution in [0.2, 0.25) is 0 Å². The first kappa shape index (κ1) is 23.6. The van der Waals surface area contributed by atoms with Gasteiger partial charge in [-0.25, -0.2) is 0 Å². The molecule has 5 rings (SSSR count). The average molecular weight is 484 g/mol. The maximum absolute atomic E-state index is 13.2. The van der Waals surface area contributed by atoms with Gasteiger partial charge in [0.15, 0.2) is 11.5 Å². The Balaban J connectivity index is 1.20. The van der Waals surface area contributed by atoms with Gasteiger partial charge in [0.1, 0.15) is 6.07 Å². The number of anilines is 1. The summed E-state index contributed by atoms with van der Waals surface area (Å²) in [5, 5.41) is 9.52. The van der Waals surface area contributed by atoms with Crippen LogP contribution in [0.4, 0.5) is 5.88 Å². The smallest absolute Gasteiger partial charge is 0.266 e. The first-order valence-electron chi connectivity index (χ1n) is 12.2. The molecule has 0 spiro atoms. The number of ketones is 1. The van der Waals surface area contributed by atoms with Crippen molar-refractivity contribution < 1.29 is 13.6 Å². The lowest BCUT2D eigenvalue weighted by atomic mass is 10.1. The number of hydrogen-bond acceptors (Lipinski definition) is 7. The van der Waals surface area contributed by atoms with Crippen LogP contribution in [-0.4, -0.2) is 53.0 Å². The second-order valence-electron chi connectivity index (χ2n) is 9.12. The normalized spacial score (nSPS) is 14.2. The Hall–Kier alpha value is -4.09. The van der Waals surface area contributed by atoms with Gasteiger partial charge in [-0.05, 0) is 44.0 Å². The number of nitrogens with zero attached hydrogens (tertiary/aromatic N) is 5. The number of hydrogen-bond donors (Lipinski definition) is 0. The zero-order valence-corrected chi connectivity index (χ0v) is 20.6. The summed E-state index contributed by atoms with van der Waals surface area (Å²) in [7, 11) is 0. The standard InChI is InChI=1S/C28H29N5O3/c1-20-17-23(21(2)33(20)11-10-22-7-4-3-5-8-22)25(34)19-31-12-14-32(15-13-31)28-24(18-29)30-27(36-28)26-9-6-16-35-26/h3-9,16-17H,10-15,19H2,1-2H3. The molecule has 0 saturated carbocycles. The Bertz CT molecular complexity index is 1370. The van der Waals surface area contributed by atoms with Crippen molar-refractivity contribution in [2.75, 3.05) is 37.6 Å². The minimum Gasteiger partial charge on any atom is -0.459 e. The molecule has 36 heavy (non-hydrogen) atoms. The monoisotopic (exact) mass is 483 g/mol. The van der Waals surface area contributed by atoms with E-state index in [1.165, 1.54) is 5.56 Å². The number of piperazine rings is 1. The van der Waals surface area contributed by atoms with Gasteiger partial charge < -0.3 is 18.3 Å². The third-order valence-corrected chi connectivity index (χ3v) is 6.81. The van der Waals surface area contributed by atoms with Crippen molar-refractivity contribution >= 4 is 11.7 Å². The van der Waals surface area contributed by atoms with Crippen LogP contribution in [0, 0.1) is 25.2 Å². The lowest BCUT2D eigenvalue weighted by Gasteiger charge is -2.34. The fourth-order valence-corrected chi connectivity index (χ4v) is 4.82. The minimum absolute atomic E-state index is 0.139. The summed E-state index contributed by atoms with van der Waals surface area (Å²) >= 11 is 0. The highest BCUT2D eigenvalue weighted by Crippen LogP contribution is 2.29. The number of furan rings is 1. The van der Waals surface area contributed by atoms with Crippen molar-refractivity contribution in [1.29, 1.82) is 5.26 Å². The molecule has 0 N–H and O–H groups in total. The highest BCUT2D eigenvalue weighted by Gasteiger charge is 2.27. The summed E-state index contributed by atoms with van der Waals surface area (Å²) < 4.78 is 13.5. The van der Waals surface area contributed by atoms with E-state index in [-0.39, 0.29) is 11.5 Å². The zero-order chi connectivity index (χ0) is 25.1. The van der Waals surface area contributed by atoms with Gasteiger partial charge in [0.25, 0.3) is 5.89 Å². The molecule has 1 aromatic carbocycles. The summed E-state index contributed by atoms with van der Waals surface area (Å²) in [5.41, 5.74) is 4.47. The molecule has 1 saturated heterocycles. The summed E-state index contributed by atoms with van der Waals surface area (Å²) in [6.45, 7) is 8.00. The van der Waals surface area contributed by atoms with Gasteiger partial charge in [-0.2, -0.15) is 10.2 Å². The predicted octanol–water partition coefficient (Wildman–Crippen LogP) is 4.47. The van der Waals surface area contributed by atoms with E-state index in [2.05, 4.69) is 51.7 Å². The number of carbonyl (C=O) groups is 1. The van der Waals surface area contributed by atoms with Gasteiger partial charge in [0.05, 0.1) is 12.8 Å². The number of oxazole rings is 1. The topological polar surface area (TPSA) is 91.4 Å². The molecule has 4 aromatic rings.